The van der Waals surface area contributed by atoms with Crippen molar-refractivity contribution in [1.82, 2.24) is 15.0 Å². The number of carbonyl (C=O) groups is 1. The zero-order chi connectivity index (χ0) is 16.5. The zero-order valence-corrected chi connectivity index (χ0v) is 14.1. The molecular weight excluding hydrogens is 326 g/mol. The van der Waals surface area contributed by atoms with Crippen LogP contribution in [0.15, 0.2) is 38.6 Å². The number of aryl methyl sites for hydroxylation is 1. The predicted molar refractivity (Wildman–Crippen MR) is 88.9 cm³/mol. The lowest BCUT2D eigenvalue weighted by Gasteiger charge is -2.30. The van der Waals surface area contributed by atoms with Gasteiger partial charge in [0.05, 0.1) is 10.8 Å². The third kappa shape index (κ3) is 2.87. The van der Waals surface area contributed by atoms with Crippen molar-refractivity contribution in [3.8, 4) is 11.6 Å². The fraction of sp³-hybridized carbons (Fsp3) is 0.353. The first-order valence-corrected chi connectivity index (χ1v) is 8.82. The highest BCUT2D eigenvalue weighted by Gasteiger charge is 2.29. The van der Waals surface area contributed by atoms with Crippen molar-refractivity contribution in [2.24, 2.45) is 0 Å². The van der Waals surface area contributed by atoms with Gasteiger partial charge in [0, 0.05) is 13.1 Å². The quantitative estimate of drug-likeness (QED) is 0.725. The van der Waals surface area contributed by atoms with Gasteiger partial charge in [-0.15, -0.1) is 11.3 Å². The number of carbonyl (C=O) groups excluding carboxylic acids is 1. The van der Waals surface area contributed by atoms with Gasteiger partial charge < -0.3 is 13.8 Å². The van der Waals surface area contributed by atoms with Gasteiger partial charge in [0.15, 0.2) is 5.76 Å². The van der Waals surface area contributed by atoms with E-state index in [9.17, 15) is 4.79 Å². The van der Waals surface area contributed by atoms with Crippen LogP contribution in [0.3, 0.4) is 0 Å². The molecule has 3 aromatic heterocycles. The first-order chi connectivity index (χ1) is 11.7. The first-order valence-electron chi connectivity index (χ1n) is 7.94. The summed E-state index contributed by atoms with van der Waals surface area (Å²) in [5.41, 5.74) is 0. The third-order valence-corrected chi connectivity index (χ3v) is 5.05. The van der Waals surface area contributed by atoms with Crippen LogP contribution in [0, 0.1) is 6.92 Å². The summed E-state index contributed by atoms with van der Waals surface area (Å²) in [6.45, 7) is 3.25. The van der Waals surface area contributed by atoms with E-state index in [-0.39, 0.29) is 11.8 Å². The highest BCUT2D eigenvalue weighted by atomic mass is 32.1. The topological polar surface area (TPSA) is 72.4 Å². The Morgan fingerprint density at radius 2 is 2.29 bits per heavy atom. The van der Waals surface area contributed by atoms with Gasteiger partial charge in [-0.05, 0) is 43.3 Å². The number of hydrogen-bond acceptors (Lipinski definition) is 6. The fourth-order valence-corrected chi connectivity index (χ4v) is 3.67. The molecule has 0 radical (unpaired) electrons. The Bertz CT molecular complexity index is 837. The van der Waals surface area contributed by atoms with Crippen LogP contribution in [0.4, 0.5) is 0 Å². The van der Waals surface area contributed by atoms with Crippen LogP contribution in [-0.4, -0.2) is 34.0 Å². The summed E-state index contributed by atoms with van der Waals surface area (Å²) in [6.07, 6.45) is 1.87. The number of piperidine rings is 1. The van der Waals surface area contributed by atoms with Crippen LogP contribution in [0.5, 0.6) is 0 Å². The molecule has 1 atom stereocenters. The zero-order valence-electron chi connectivity index (χ0n) is 13.3. The van der Waals surface area contributed by atoms with Crippen molar-refractivity contribution >= 4 is 17.2 Å². The maximum Gasteiger partial charge on any atom is 0.263 e. The summed E-state index contributed by atoms with van der Waals surface area (Å²) in [5.74, 6) is 2.59. The summed E-state index contributed by atoms with van der Waals surface area (Å²) in [4.78, 5) is 19.6. The van der Waals surface area contributed by atoms with Crippen molar-refractivity contribution in [2.45, 2.75) is 25.7 Å². The summed E-state index contributed by atoms with van der Waals surface area (Å²) in [5, 5.41) is 5.93. The van der Waals surface area contributed by atoms with Crippen molar-refractivity contribution in [3.05, 3.63) is 46.2 Å². The second-order valence-corrected chi connectivity index (χ2v) is 6.88. The molecule has 0 spiro atoms. The van der Waals surface area contributed by atoms with Gasteiger partial charge in [-0.1, -0.05) is 11.2 Å². The van der Waals surface area contributed by atoms with E-state index in [4.69, 9.17) is 8.94 Å². The highest BCUT2D eigenvalue weighted by Crippen LogP contribution is 2.29. The van der Waals surface area contributed by atoms with Crippen LogP contribution in [0.1, 0.15) is 40.1 Å². The number of thiophene rings is 1. The molecule has 0 aromatic carbocycles. The third-order valence-electron chi connectivity index (χ3n) is 4.19. The molecule has 3 aromatic rings. The molecular formula is C17H17N3O3S. The summed E-state index contributed by atoms with van der Waals surface area (Å²) in [7, 11) is 0. The first kappa shape index (κ1) is 15.1. The Balaban J connectivity index is 1.50. The number of rotatable bonds is 3. The Morgan fingerprint density at radius 1 is 1.38 bits per heavy atom. The van der Waals surface area contributed by atoms with E-state index in [1.807, 2.05) is 41.5 Å². The van der Waals surface area contributed by atoms with Crippen molar-refractivity contribution < 1.29 is 13.7 Å². The number of furan rings is 1. The lowest BCUT2D eigenvalue weighted by molar-refractivity contribution is 0.0700. The molecule has 1 amide bonds. The van der Waals surface area contributed by atoms with Crippen LogP contribution in [-0.2, 0) is 0 Å². The molecule has 0 bridgehead atoms. The summed E-state index contributed by atoms with van der Waals surface area (Å²) >= 11 is 1.47. The number of aromatic nitrogens is 2. The van der Waals surface area contributed by atoms with Gasteiger partial charge in [-0.3, -0.25) is 4.79 Å². The molecule has 0 aliphatic carbocycles. The van der Waals surface area contributed by atoms with Crippen LogP contribution >= 0.6 is 11.3 Å². The van der Waals surface area contributed by atoms with Gasteiger partial charge in [0.2, 0.25) is 11.7 Å². The van der Waals surface area contributed by atoms with Crippen LogP contribution in [0.25, 0.3) is 11.6 Å². The van der Waals surface area contributed by atoms with Gasteiger partial charge in [-0.2, -0.15) is 4.98 Å². The standard InChI is InChI=1S/C17H17N3O3S/c1-11-6-7-13(22-11)15-18-16(23-19-15)12-4-2-8-20(10-12)17(21)14-5-3-9-24-14/h3,5-7,9,12H,2,4,8,10H2,1H3/t12-/m0/s1. The Morgan fingerprint density at radius 3 is 3.04 bits per heavy atom. The molecule has 4 rings (SSSR count). The van der Waals surface area contributed by atoms with E-state index >= 15 is 0 Å². The number of nitrogens with zero attached hydrogens (tertiary/aromatic N) is 3. The Labute approximate surface area is 143 Å². The molecule has 1 aliphatic heterocycles. The summed E-state index contributed by atoms with van der Waals surface area (Å²) < 4.78 is 11.0. The average molecular weight is 343 g/mol. The van der Waals surface area contributed by atoms with Gasteiger partial charge in [-0.25, -0.2) is 0 Å². The van der Waals surface area contributed by atoms with E-state index in [1.54, 1.807) is 0 Å². The molecule has 6 nitrogen and oxygen atoms in total. The lowest BCUT2D eigenvalue weighted by atomic mass is 9.98. The van der Waals surface area contributed by atoms with E-state index in [0.717, 1.165) is 30.0 Å². The van der Waals surface area contributed by atoms with Crippen LogP contribution in [0.2, 0.25) is 0 Å². The van der Waals surface area contributed by atoms with E-state index in [2.05, 4.69) is 10.1 Å². The maximum atomic E-state index is 12.5. The molecule has 1 aliphatic rings. The largest absolute Gasteiger partial charge is 0.458 e. The molecule has 1 saturated heterocycles. The highest BCUT2D eigenvalue weighted by molar-refractivity contribution is 7.12. The van der Waals surface area contributed by atoms with Gasteiger partial charge in [0.25, 0.3) is 5.91 Å². The average Bonchev–Trinajstić information content (AvgIpc) is 3.35. The van der Waals surface area contributed by atoms with Gasteiger partial charge >= 0.3 is 0 Å². The predicted octanol–water partition coefficient (Wildman–Crippen LogP) is 3.72. The number of likely N-dealkylation sites (tertiary alicyclic amines) is 1. The molecule has 124 valence electrons. The molecule has 0 saturated carbocycles. The van der Waals surface area contributed by atoms with E-state index in [1.165, 1.54) is 11.3 Å². The minimum absolute atomic E-state index is 0.0694. The van der Waals surface area contributed by atoms with Crippen molar-refractivity contribution in [2.75, 3.05) is 13.1 Å². The van der Waals surface area contributed by atoms with Crippen LogP contribution < -0.4 is 0 Å². The molecule has 7 heteroatoms. The monoisotopic (exact) mass is 343 g/mol. The van der Waals surface area contributed by atoms with Gasteiger partial charge in [0.1, 0.15) is 5.76 Å². The van der Waals surface area contributed by atoms with E-state index in [0.29, 0.717) is 24.0 Å². The smallest absolute Gasteiger partial charge is 0.263 e. The Kier molecular flexibility index (Phi) is 3.93. The number of hydrogen-bond donors (Lipinski definition) is 0. The summed E-state index contributed by atoms with van der Waals surface area (Å²) in [6, 6.07) is 7.46. The molecule has 0 unspecified atom stereocenters. The van der Waals surface area contributed by atoms with E-state index < -0.39 is 0 Å². The fourth-order valence-electron chi connectivity index (χ4n) is 2.98. The number of amides is 1. The van der Waals surface area contributed by atoms with Crippen molar-refractivity contribution in [3.63, 3.8) is 0 Å². The van der Waals surface area contributed by atoms with Crippen molar-refractivity contribution in [1.29, 1.82) is 0 Å². The lowest BCUT2D eigenvalue weighted by Crippen LogP contribution is -2.38. The molecule has 0 N–H and O–H groups in total. The molecule has 1 fully saturated rings. The SMILES string of the molecule is Cc1ccc(-c2noc([C@H]3CCCN(C(=O)c4cccs4)C3)n2)o1. The Hall–Kier alpha value is -2.41. The normalized spacial score (nSPS) is 18.0. The minimum Gasteiger partial charge on any atom is -0.458 e. The second-order valence-electron chi connectivity index (χ2n) is 5.93. The molecule has 4 heterocycles. The maximum absolute atomic E-state index is 12.5. The minimum atomic E-state index is 0.0694. The second kappa shape index (κ2) is 6.24. The molecule has 24 heavy (non-hydrogen) atoms.